The molecular weight excluding hydrogens is 230 g/mol. The Balaban J connectivity index is 1.70. The van der Waals surface area contributed by atoms with Crippen LogP contribution in [-0.2, 0) is 11.2 Å². The van der Waals surface area contributed by atoms with Crippen molar-refractivity contribution < 1.29 is 4.74 Å². The molecule has 0 spiro atoms. The summed E-state index contributed by atoms with van der Waals surface area (Å²) >= 11 is 1.93. The van der Waals surface area contributed by atoms with Crippen LogP contribution in [0.3, 0.4) is 0 Å². The average molecular weight is 253 g/mol. The van der Waals surface area contributed by atoms with Crippen molar-refractivity contribution >= 4 is 11.3 Å². The van der Waals surface area contributed by atoms with Crippen molar-refractivity contribution in [3.63, 3.8) is 0 Å². The maximum atomic E-state index is 5.62. The summed E-state index contributed by atoms with van der Waals surface area (Å²) in [6.07, 6.45) is 5.29. The van der Waals surface area contributed by atoms with Gasteiger partial charge in [-0.2, -0.15) is 0 Å². The zero-order valence-electron chi connectivity index (χ0n) is 10.9. The van der Waals surface area contributed by atoms with Gasteiger partial charge in [0.2, 0.25) is 0 Å². The predicted molar refractivity (Wildman–Crippen MR) is 73.7 cm³/mol. The van der Waals surface area contributed by atoms with Crippen LogP contribution in [0.4, 0.5) is 0 Å². The molecule has 2 heterocycles. The second kappa shape index (κ2) is 6.53. The van der Waals surface area contributed by atoms with Crippen molar-refractivity contribution in [3.05, 3.63) is 21.9 Å². The Labute approximate surface area is 108 Å². The van der Waals surface area contributed by atoms with Crippen LogP contribution in [0.15, 0.2) is 12.1 Å². The molecule has 1 aromatic heterocycles. The largest absolute Gasteiger partial charge is 0.378 e. The molecule has 0 bridgehead atoms. The third-order valence-electron chi connectivity index (χ3n) is 3.40. The molecule has 0 saturated carbocycles. The minimum Gasteiger partial charge on any atom is -0.378 e. The first kappa shape index (κ1) is 13.1. The molecule has 1 aliphatic rings. The highest BCUT2D eigenvalue weighted by molar-refractivity contribution is 7.12. The second-order valence-corrected chi connectivity index (χ2v) is 5.96. The zero-order valence-corrected chi connectivity index (χ0v) is 11.7. The smallest absolute Gasteiger partial charge is 0.0588 e. The van der Waals surface area contributed by atoms with Crippen LogP contribution >= 0.6 is 11.3 Å². The van der Waals surface area contributed by atoms with Crippen molar-refractivity contribution in [2.24, 2.45) is 0 Å². The molecule has 0 aliphatic carbocycles. The van der Waals surface area contributed by atoms with E-state index in [0.29, 0.717) is 12.1 Å². The van der Waals surface area contributed by atoms with E-state index < -0.39 is 0 Å². The monoisotopic (exact) mass is 253 g/mol. The summed E-state index contributed by atoms with van der Waals surface area (Å²) in [4.78, 5) is 2.93. The van der Waals surface area contributed by atoms with Crippen molar-refractivity contribution in [2.45, 2.75) is 51.7 Å². The van der Waals surface area contributed by atoms with Gasteiger partial charge < -0.3 is 10.1 Å². The van der Waals surface area contributed by atoms with Gasteiger partial charge in [-0.05, 0) is 51.3 Å². The van der Waals surface area contributed by atoms with Crippen molar-refractivity contribution in [3.8, 4) is 0 Å². The molecule has 1 aliphatic heterocycles. The van der Waals surface area contributed by atoms with Gasteiger partial charge in [0.05, 0.1) is 6.10 Å². The number of ether oxygens (including phenoxy) is 1. The van der Waals surface area contributed by atoms with E-state index in [0.717, 1.165) is 26.0 Å². The number of hydrogen-bond acceptors (Lipinski definition) is 3. The molecule has 2 atom stereocenters. The third-order valence-corrected chi connectivity index (χ3v) is 4.81. The highest BCUT2D eigenvalue weighted by atomic mass is 32.1. The SMILES string of the molecule is CCc1ccc(C(C)NCCC2CCCO2)s1. The molecule has 1 fully saturated rings. The van der Waals surface area contributed by atoms with Gasteiger partial charge >= 0.3 is 0 Å². The first-order valence-corrected chi connectivity index (χ1v) is 7.55. The first-order valence-electron chi connectivity index (χ1n) is 6.73. The highest BCUT2D eigenvalue weighted by Gasteiger charge is 2.15. The summed E-state index contributed by atoms with van der Waals surface area (Å²) in [5, 5.41) is 3.59. The summed E-state index contributed by atoms with van der Waals surface area (Å²) < 4.78 is 5.62. The van der Waals surface area contributed by atoms with E-state index >= 15 is 0 Å². The van der Waals surface area contributed by atoms with Gasteiger partial charge in [0.25, 0.3) is 0 Å². The topological polar surface area (TPSA) is 21.3 Å². The summed E-state index contributed by atoms with van der Waals surface area (Å²) in [5.74, 6) is 0. The van der Waals surface area contributed by atoms with E-state index in [9.17, 15) is 0 Å². The number of hydrogen-bond donors (Lipinski definition) is 1. The van der Waals surface area contributed by atoms with E-state index in [1.165, 1.54) is 22.6 Å². The minimum atomic E-state index is 0.474. The lowest BCUT2D eigenvalue weighted by atomic mass is 10.2. The third kappa shape index (κ3) is 3.80. The second-order valence-electron chi connectivity index (χ2n) is 4.76. The fraction of sp³-hybridized carbons (Fsp3) is 0.714. The molecule has 3 heteroatoms. The lowest BCUT2D eigenvalue weighted by Crippen LogP contribution is -2.22. The molecular formula is C14H23NOS. The summed E-state index contributed by atoms with van der Waals surface area (Å²) in [5.41, 5.74) is 0. The number of thiophene rings is 1. The molecule has 2 rings (SSSR count). The van der Waals surface area contributed by atoms with Crippen LogP contribution in [0, 0.1) is 0 Å². The maximum Gasteiger partial charge on any atom is 0.0588 e. The average Bonchev–Trinajstić information content (AvgIpc) is 2.99. The Bertz CT molecular complexity index is 331. The molecule has 0 radical (unpaired) electrons. The first-order chi connectivity index (χ1) is 8.29. The van der Waals surface area contributed by atoms with Crippen molar-refractivity contribution in [1.29, 1.82) is 0 Å². The number of aryl methyl sites for hydroxylation is 1. The molecule has 1 N–H and O–H groups in total. The summed E-state index contributed by atoms with van der Waals surface area (Å²) in [6.45, 7) is 6.49. The molecule has 0 amide bonds. The Hall–Kier alpha value is -0.380. The van der Waals surface area contributed by atoms with Gasteiger partial charge in [0.15, 0.2) is 0 Å². The van der Waals surface area contributed by atoms with Crippen molar-refractivity contribution in [1.82, 2.24) is 5.32 Å². The Morgan fingerprint density at radius 1 is 1.53 bits per heavy atom. The Morgan fingerprint density at radius 3 is 3.06 bits per heavy atom. The highest BCUT2D eigenvalue weighted by Crippen LogP contribution is 2.23. The van der Waals surface area contributed by atoms with Gasteiger partial charge in [-0.15, -0.1) is 11.3 Å². The zero-order chi connectivity index (χ0) is 12.1. The van der Waals surface area contributed by atoms with Crippen molar-refractivity contribution in [2.75, 3.05) is 13.2 Å². The van der Waals surface area contributed by atoms with Crippen LogP contribution in [0.1, 0.15) is 48.9 Å². The van der Waals surface area contributed by atoms with E-state index in [2.05, 4.69) is 31.3 Å². The lowest BCUT2D eigenvalue weighted by Gasteiger charge is -2.14. The summed E-state index contributed by atoms with van der Waals surface area (Å²) in [6, 6.07) is 4.98. The van der Waals surface area contributed by atoms with Crippen LogP contribution < -0.4 is 5.32 Å². The standard InChI is InChI=1S/C14H23NOS/c1-3-13-6-7-14(17-13)11(2)15-9-8-12-5-4-10-16-12/h6-7,11-12,15H,3-5,8-10H2,1-2H3. The minimum absolute atomic E-state index is 0.474. The van der Waals surface area contributed by atoms with Gasteiger partial charge in [0.1, 0.15) is 0 Å². The maximum absolute atomic E-state index is 5.62. The lowest BCUT2D eigenvalue weighted by molar-refractivity contribution is 0.103. The van der Waals surface area contributed by atoms with E-state index in [-0.39, 0.29) is 0 Å². The van der Waals surface area contributed by atoms with E-state index in [4.69, 9.17) is 4.74 Å². The Kier molecular flexibility index (Phi) is 5.01. The number of nitrogens with one attached hydrogen (secondary N) is 1. The Morgan fingerprint density at radius 2 is 2.41 bits per heavy atom. The fourth-order valence-electron chi connectivity index (χ4n) is 2.25. The predicted octanol–water partition coefficient (Wildman–Crippen LogP) is 3.53. The number of rotatable bonds is 6. The molecule has 0 aromatic carbocycles. The quantitative estimate of drug-likeness (QED) is 0.837. The fourth-order valence-corrected chi connectivity index (χ4v) is 3.23. The molecule has 1 saturated heterocycles. The van der Waals surface area contributed by atoms with Crippen LogP contribution in [-0.4, -0.2) is 19.3 Å². The van der Waals surface area contributed by atoms with Crippen LogP contribution in [0.5, 0.6) is 0 Å². The van der Waals surface area contributed by atoms with Crippen LogP contribution in [0.25, 0.3) is 0 Å². The van der Waals surface area contributed by atoms with Gasteiger partial charge in [-0.25, -0.2) is 0 Å². The summed E-state index contributed by atoms with van der Waals surface area (Å²) in [7, 11) is 0. The van der Waals surface area contributed by atoms with E-state index in [1.807, 2.05) is 11.3 Å². The molecule has 17 heavy (non-hydrogen) atoms. The molecule has 96 valence electrons. The van der Waals surface area contributed by atoms with Gasteiger partial charge in [-0.1, -0.05) is 6.92 Å². The molecule has 2 unspecified atom stereocenters. The van der Waals surface area contributed by atoms with Gasteiger partial charge in [0, 0.05) is 22.4 Å². The van der Waals surface area contributed by atoms with Crippen LogP contribution in [0.2, 0.25) is 0 Å². The molecule has 2 nitrogen and oxygen atoms in total. The normalized spacial score (nSPS) is 21.9. The van der Waals surface area contributed by atoms with Gasteiger partial charge in [-0.3, -0.25) is 0 Å². The van der Waals surface area contributed by atoms with E-state index in [1.54, 1.807) is 0 Å². The molecule has 1 aromatic rings.